The van der Waals surface area contributed by atoms with E-state index < -0.39 is 12.0 Å². The first-order valence-electron chi connectivity index (χ1n) is 8.64. The molecule has 2 rings (SSSR count). The second kappa shape index (κ2) is 8.74. The number of aliphatic carboxylic acids is 1. The first-order valence-corrected chi connectivity index (χ1v) is 8.64. The maximum absolute atomic E-state index is 12.1. The second-order valence-corrected chi connectivity index (χ2v) is 6.42. The Morgan fingerprint density at radius 1 is 1.04 bits per heavy atom. The fraction of sp³-hybridized carbons (Fsp3) is 0.812. The van der Waals surface area contributed by atoms with Gasteiger partial charge in [-0.3, -0.25) is 4.79 Å². The number of carbonyl (C=O) groups excluding carboxylic acids is 2. The Bertz CT molecular complexity index is 435. The van der Waals surface area contributed by atoms with Crippen LogP contribution in [0.1, 0.15) is 57.8 Å². The maximum atomic E-state index is 12.1. The van der Waals surface area contributed by atoms with Crippen molar-refractivity contribution >= 4 is 17.9 Å². The molecule has 3 N–H and O–H groups in total. The van der Waals surface area contributed by atoms with Gasteiger partial charge in [0.05, 0.1) is 0 Å². The van der Waals surface area contributed by atoms with E-state index in [0.29, 0.717) is 25.9 Å². The van der Waals surface area contributed by atoms with Crippen LogP contribution in [-0.4, -0.2) is 53.1 Å². The third-order valence-corrected chi connectivity index (χ3v) is 4.65. The van der Waals surface area contributed by atoms with Crippen molar-refractivity contribution in [1.82, 2.24) is 15.5 Å². The van der Waals surface area contributed by atoms with Gasteiger partial charge in [0.25, 0.3) is 0 Å². The Hall–Kier alpha value is -1.79. The molecular weight excluding hydrogens is 298 g/mol. The minimum absolute atomic E-state index is 0.135. The van der Waals surface area contributed by atoms with Crippen molar-refractivity contribution in [3.05, 3.63) is 0 Å². The Balaban J connectivity index is 1.60. The number of likely N-dealkylation sites (tertiary alicyclic amines) is 1. The van der Waals surface area contributed by atoms with Crippen LogP contribution in [0.4, 0.5) is 4.79 Å². The van der Waals surface area contributed by atoms with E-state index >= 15 is 0 Å². The van der Waals surface area contributed by atoms with E-state index in [1.54, 1.807) is 0 Å². The van der Waals surface area contributed by atoms with E-state index in [1.165, 1.54) is 24.2 Å². The molecule has 2 aliphatic rings. The highest BCUT2D eigenvalue weighted by atomic mass is 16.4. The molecule has 0 aromatic heterocycles. The normalized spacial score (nSPS) is 21.9. The van der Waals surface area contributed by atoms with Crippen LogP contribution in [-0.2, 0) is 9.59 Å². The maximum Gasteiger partial charge on any atom is 0.326 e. The van der Waals surface area contributed by atoms with Gasteiger partial charge in [-0.05, 0) is 32.1 Å². The molecule has 1 aliphatic heterocycles. The van der Waals surface area contributed by atoms with Crippen molar-refractivity contribution in [2.24, 2.45) is 0 Å². The Kier molecular flexibility index (Phi) is 6.67. The number of nitrogens with zero attached hydrogens (tertiary/aromatic N) is 1. The van der Waals surface area contributed by atoms with Gasteiger partial charge in [-0.25, -0.2) is 9.59 Å². The van der Waals surface area contributed by atoms with Gasteiger partial charge in [0.1, 0.15) is 6.04 Å². The van der Waals surface area contributed by atoms with Gasteiger partial charge < -0.3 is 20.6 Å². The zero-order valence-electron chi connectivity index (χ0n) is 13.6. The molecule has 1 heterocycles. The van der Waals surface area contributed by atoms with Gasteiger partial charge in [-0.2, -0.15) is 0 Å². The average molecular weight is 325 g/mol. The standard InChI is InChI=1S/C16H27N3O4/c20-14(19-11-5-8-13(19)15(21)22)9-4-10-17-16(23)18-12-6-2-1-3-7-12/h12-13H,1-11H2,(H,21,22)(H2,17,18,23)/t13-/m1/s1. The van der Waals surface area contributed by atoms with Crippen molar-refractivity contribution in [1.29, 1.82) is 0 Å². The van der Waals surface area contributed by atoms with Gasteiger partial charge >= 0.3 is 12.0 Å². The van der Waals surface area contributed by atoms with Gasteiger partial charge in [0.15, 0.2) is 0 Å². The minimum atomic E-state index is -0.930. The lowest BCUT2D eigenvalue weighted by molar-refractivity contribution is -0.148. The molecule has 2 fully saturated rings. The predicted molar refractivity (Wildman–Crippen MR) is 85.0 cm³/mol. The molecule has 0 aromatic rings. The first kappa shape index (κ1) is 17.6. The highest BCUT2D eigenvalue weighted by Gasteiger charge is 2.33. The zero-order valence-corrected chi connectivity index (χ0v) is 13.6. The molecule has 0 bridgehead atoms. The Labute approximate surface area is 136 Å². The summed E-state index contributed by atoms with van der Waals surface area (Å²) in [6.45, 7) is 0.946. The predicted octanol–water partition coefficient (Wildman–Crippen LogP) is 1.47. The number of nitrogens with one attached hydrogen (secondary N) is 2. The molecule has 1 saturated carbocycles. The number of rotatable bonds is 6. The molecule has 0 radical (unpaired) electrons. The van der Waals surface area contributed by atoms with E-state index in [9.17, 15) is 14.4 Å². The lowest BCUT2D eigenvalue weighted by atomic mass is 9.96. The van der Waals surface area contributed by atoms with Crippen LogP contribution in [0.25, 0.3) is 0 Å². The molecule has 0 spiro atoms. The fourth-order valence-electron chi connectivity index (χ4n) is 3.39. The van der Waals surface area contributed by atoms with Crippen LogP contribution in [0.2, 0.25) is 0 Å². The quantitative estimate of drug-likeness (QED) is 0.644. The number of carboxylic acid groups (broad SMARTS) is 1. The first-order chi connectivity index (χ1) is 11.1. The summed E-state index contributed by atoms with van der Waals surface area (Å²) in [6.07, 6.45) is 7.73. The molecule has 1 atom stereocenters. The van der Waals surface area contributed by atoms with Crippen LogP contribution >= 0.6 is 0 Å². The van der Waals surface area contributed by atoms with E-state index in [2.05, 4.69) is 10.6 Å². The second-order valence-electron chi connectivity index (χ2n) is 6.42. The summed E-state index contributed by atoms with van der Waals surface area (Å²) in [7, 11) is 0. The zero-order chi connectivity index (χ0) is 16.7. The van der Waals surface area contributed by atoms with Crippen molar-refractivity contribution in [2.75, 3.05) is 13.1 Å². The fourth-order valence-corrected chi connectivity index (χ4v) is 3.39. The van der Waals surface area contributed by atoms with Crippen LogP contribution in [0, 0.1) is 0 Å². The third kappa shape index (κ3) is 5.41. The summed E-state index contributed by atoms with van der Waals surface area (Å²) in [6, 6.07) is -0.578. The minimum Gasteiger partial charge on any atom is -0.480 e. The third-order valence-electron chi connectivity index (χ3n) is 4.65. The van der Waals surface area contributed by atoms with Crippen LogP contribution < -0.4 is 10.6 Å². The van der Waals surface area contributed by atoms with Crippen LogP contribution in [0.3, 0.4) is 0 Å². The molecule has 7 heteroatoms. The van der Waals surface area contributed by atoms with Crippen molar-refractivity contribution < 1.29 is 19.5 Å². The summed E-state index contributed by atoms with van der Waals surface area (Å²) in [5.74, 6) is -1.06. The summed E-state index contributed by atoms with van der Waals surface area (Å²) in [4.78, 5) is 36.3. The average Bonchev–Trinajstić information content (AvgIpc) is 3.02. The molecule has 1 aliphatic carbocycles. The summed E-state index contributed by atoms with van der Waals surface area (Å²) in [5.41, 5.74) is 0. The van der Waals surface area contributed by atoms with E-state index in [1.807, 2.05) is 0 Å². The van der Waals surface area contributed by atoms with Gasteiger partial charge in [-0.15, -0.1) is 0 Å². The van der Waals surface area contributed by atoms with Crippen LogP contribution in [0.15, 0.2) is 0 Å². The Morgan fingerprint density at radius 3 is 2.48 bits per heavy atom. The van der Waals surface area contributed by atoms with Crippen LogP contribution in [0.5, 0.6) is 0 Å². The summed E-state index contributed by atoms with van der Waals surface area (Å²) < 4.78 is 0. The molecule has 3 amide bonds. The van der Waals surface area contributed by atoms with Crippen molar-refractivity contribution in [3.8, 4) is 0 Å². The number of carboxylic acids is 1. The van der Waals surface area contributed by atoms with Gasteiger partial charge in [-0.1, -0.05) is 19.3 Å². The van der Waals surface area contributed by atoms with Gasteiger partial charge in [0.2, 0.25) is 5.91 Å². The van der Waals surface area contributed by atoms with Crippen molar-refractivity contribution in [3.63, 3.8) is 0 Å². The molecule has 0 aromatic carbocycles. The molecular formula is C16H27N3O4. The highest BCUT2D eigenvalue weighted by Crippen LogP contribution is 2.19. The summed E-state index contributed by atoms with van der Waals surface area (Å²) in [5, 5.41) is 14.8. The molecule has 130 valence electrons. The number of urea groups is 1. The van der Waals surface area contributed by atoms with E-state index in [-0.39, 0.29) is 24.4 Å². The SMILES string of the molecule is O=C(NCCCC(=O)N1CCC[C@@H]1C(=O)O)NC1CCCCC1. The topological polar surface area (TPSA) is 98.7 Å². The van der Waals surface area contributed by atoms with E-state index in [4.69, 9.17) is 5.11 Å². The molecule has 1 saturated heterocycles. The van der Waals surface area contributed by atoms with Crippen molar-refractivity contribution in [2.45, 2.75) is 69.9 Å². The number of hydrogen-bond donors (Lipinski definition) is 3. The number of amides is 3. The highest BCUT2D eigenvalue weighted by molar-refractivity contribution is 5.84. The lowest BCUT2D eigenvalue weighted by Crippen LogP contribution is -2.43. The smallest absolute Gasteiger partial charge is 0.326 e. The Morgan fingerprint density at radius 2 is 1.78 bits per heavy atom. The molecule has 7 nitrogen and oxygen atoms in total. The molecule has 0 unspecified atom stereocenters. The van der Waals surface area contributed by atoms with Gasteiger partial charge in [0, 0.05) is 25.6 Å². The van der Waals surface area contributed by atoms with E-state index in [0.717, 1.165) is 19.3 Å². The molecule has 23 heavy (non-hydrogen) atoms. The summed E-state index contributed by atoms with van der Waals surface area (Å²) >= 11 is 0. The largest absolute Gasteiger partial charge is 0.480 e. The number of carbonyl (C=O) groups is 3. The lowest BCUT2D eigenvalue weighted by Gasteiger charge is -2.23. The monoisotopic (exact) mass is 325 g/mol. The number of hydrogen-bond acceptors (Lipinski definition) is 3.